The highest BCUT2D eigenvalue weighted by Crippen LogP contribution is 2.25. The van der Waals surface area contributed by atoms with Crippen LogP contribution in [0.1, 0.15) is 5.56 Å². The summed E-state index contributed by atoms with van der Waals surface area (Å²) >= 11 is 0. The van der Waals surface area contributed by atoms with Gasteiger partial charge in [-0.2, -0.15) is 4.72 Å². The summed E-state index contributed by atoms with van der Waals surface area (Å²) in [6.07, 6.45) is 0. The zero-order valence-corrected chi connectivity index (χ0v) is 12.1. The molecule has 0 aliphatic carbocycles. The van der Waals surface area contributed by atoms with Crippen LogP contribution < -0.4 is 9.46 Å². The SMILES string of the molecule is COc1ccc(C)cc1S(=O)(=O)NC(CO)(CO)CO. The second-order valence-corrected chi connectivity index (χ2v) is 6.17. The molecule has 4 N–H and O–H groups in total. The molecule has 0 bridgehead atoms. The third kappa shape index (κ3) is 3.47. The maximum atomic E-state index is 12.3. The number of benzene rings is 1. The lowest BCUT2D eigenvalue weighted by atomic mass is 10.1. The summed E-state index contributed by atoms with van der Waals surface area (Å²) in [7, 11) is -2.74. The van der Waals surface area contributed by atoms with Gasteiger partial charge < -0.3 is 20.1 Å². The van der Waals surface area contributed by atoms with E-state index in [2.05, 4.69) is 4.72 Å². The second kappa shape index (κ2) is 6.51. The molecule has 0 aliphatic heterocycles. The molecule has 1 rings (SSSR count). The zero-order chi connectivity index (χ0) is 15.4. The lowest BCUT2D eigenvalue weighted by Gasteiger charge is -2.28. The highest BCUT2D eigenvalue weighted by molar-refractivity contribution is 7.89. The lowest BCUT2D eigenvalue weighted by molar-refractivity contribution is 0.0581. The van der Waals surface area contributed by atoms with Gasteiger partial charge in [-0.15, -0.1) is 0 Å². The summed E-state index contributed by atoms with van der Waals surface area (Å²) in [5.41, 5.74) is -1.03. The molecule has 0 spiro atoms. The van der Waals surface area contributed by atoms with Crippen molar-refractivity contribution < 1.29 is 28.5 Å². The minimum absolute atomic E-state index is 0.125. The maximum absolute atomic E-state index is 12.3. The highest BCUT2D eigenvalue weighted by atomic mass is 32.2. The Kier molecular flexibility index (Phi) is 5.49. The van der Waals surface area contributed by atoms with Gasteiger partial charge in [0.1, 0.15) is 16.2 Å². The molecule has 0 aromatic heterocycles. The smallest absolute Gasteiger partial charge is 0.245 e. The number of aliphatic hydroxyl groups is 3. The van der Waals surface area contributed by atoms with Gasteiger partial charge in [0.2, 0.25) is 10.0 Å². The molecule has 0 aliphatic rings. The Bertz CT molecular complexity index is 545. The average molecular weight is 305 g/mol. The van der Waals surface area contributed by atoms with Gasteiger partial charge >= 0.3 is 0 Å². The molecule has 0 amide bonds. The fraction of sp³-hybridized carbons (Fsp3) is 0.500. The predicted octanol–water partition coefficient (Wildman–Crippen LogP) is -1.00. The molecule has 8 heteroatoms. The molecule has 0 atom stereocenters. The number of hydrogen-bond acceptors (Lipinski definition) is 6. The molecule has 0 heterocycles. The minimum Gasteiger partial charge on any atom is -0.495 e. The van der Waals surface area contributed by atoms with Crippen molar-refractivity contribution in [3.8, 4) is 5.75 Å². The van der Waals surface area contributed by atoms with Crippen LogP contribution in [-0.2, 0) is 10.0 Å². The van der Waals surface area contributed by atoms with Crippen molar-refractivity contribution in [3.63, 3.8) is 0 Å². The first-order valence-corrected chi connectivity index (χ1v) is 7.33. The third-order valence-electron chi connectivity index (χ3n) is 2.87. The number of ether oxygens (including phenoxy) is 1. The molecule has 0 unspecified atom stereocenters. The van der Waals surface area contributed by atoms with Gasteiger partial charge in [0.05, 0.1) is 26.9 Å². The van der Waals surface area contributed by atoms with Crippen molar-refractivity contribution in [2.75, 3.05) is 26.9 Å². The average Bonchev–Trinajstić information content (AvgIpc) is 2.45. The molecule has 20 heavy (non-hydrogen) atoms. The highest BCUT2D eigenvalue weighted by Gasteiger charge is 2.35. The van der Waals surface area contributed by atoms with Gasteiger partial charge in [-0.25, -0.2) is 8.42 Å². The van der Waals surface area contributed by atoms with Crippen molar-refractivity contribution >= 4 is 10.0 Å². The van der Waals surface area contributed by atoms with E-state index < -0.39 is 35.4 Å². The molecule has 114 valence electrons. The second-order valence-electron chi connectivity index (χ2n) is 4.51. The summed E-state index contributed by atoms with van der Waals surface area (Å²) in [5, 5.41) is 27.6. The molecule has 0 fully saturated rings. The van der Waals surface area contributed by atoms with Crippen molar-refractivity contribution in [1.29, 1.82) is 0 Å². The Morgan fingerprint density at radius 2 is 1.75 bits per heavy atom. The number of hydrogen-bond donors (Lipinski definition) is 4. The van der Waals surface area contributed by atoms with Crippen LogP contribution in [0.3, 0.4) is 0 Å². The van der Waals surface area contributed by atoms with Crippen molar-refractivity contribution in [3.05, 3.63) is 23.8 Å². The van der Waals surface area contributed by atoms with E-state index in [9.17, 15) is 23.7 Å². The number of aryl methyl sites for hydroxylation is 1. The van der Waals surface area contributed by atoms with E-state index in [0.29, 0.717) is 5.56 Å². The lowest BCUT2D eigenvalue weighted by Crippen LogP contribution is -2.56. The Morgan fingerprint density at radius 3 is 2.20 bits per heavy atom. The Balaban J connectivity index is 3.27. The van der Waals surface area contributed by atoms with Crippen LogP contribution in [0.5, 0.6) is 5.75 Å². The van der Waals surface area contributed by atoms with Crippen LogP contribution in [-0.4, -0.2) is 56.2 Å². The summed E-state index contributed by atoms with van der Waals surface area (Å²) in [4.78, 5) is -0.125. The predicted molar refractivity (Wildman–Crippen MR) is 72.0 cm³/mol. The number of methoxy groups -OCH3 is 1. The van der Waals surface area contributed by atoms with Crippen LogP contribution in [0.2, 0.25) is 0 Å². The summed E-state index contributed by atoms with van der Waals surface area (Å²) < 4.78 is 31.8. The Morgan fingerprint density at radius 1 is 1.20 bits per heavy atom. The zero-order valence-electron chi connectivity index (χ0n) is 11.3. The molecule has 0 saturated heterocycles. The molecule has 1 aromatic rings. The van der Waals surface area contributed by atoms with Gasteiger partial charge in [-0.05, 0) is 24.6 Å². The van der Waals surface area contributed by atoms with Crippen LogP contribution in [0.25, 0.3) is 0 Å². The number of sulfonamides is 1. The molecule has 0 saturated carbocycles. The minimum atomic E-state index is -4.07. The van der Waals surface area contributed by atoms with Crippen molar-refractivity contribution in [2.45, 2.75) is 17.4 Å². The number of rotatable bonds is 7. The molecule has 7 nitrogen and oxygen atoms in total. The van der Waals surface area contributed by atoms with Crippen molar-refractivity contribution in [2.24, 2.45) is 0 Å². The summed E-state index contributed by atoms with van der Waals surface area (Å²) in [5.74, 6) is 0.130. The van der Waals surface area contributed by atoms with Crippen molar-refractivity contribution in [1.82, 2.24) is 4.72 Å². The quantitative estimate of drug-likeness (QED) is 0.513. The fourth-order valence-corrected chi connectivity index (χ4v) is 3.21. The normalized spacial score (nSPS) is 12.4. The number of aliphatic hydroxyl groups excluding tert-OH is 3. The Labute approximate surface area is 117 Å². The van der Waals surface area contributed by atoms with Crippen LogP contribution in [0.15, 0.2) is 23.1 Å². The Hall–Kier alpha value is -1.19. The van der Waals surface area contributed by atoms with Gasteiger partial charge in [0.25, 0.3) is 0 Å². The fourth-order valence-electron chi connectivity index (χ4n) is 1.58. The molecular weight excluding hydrogens is 286 g/mol. The third-order valence-corrected chi connectivity index (χ3v) is 4.47. The molecular formula is C12H19NO6S. The van der Waals surface area contributed by atoms with E-state index in [0.717, 1.165) is 0 Å². The van der Waals surface area contributed by atoms with E-state index in [1.165, 1.54) is 19.2 Å². The van der Waals surface area contributed by atoms with Gasteiger partial charge in [0, 0.05) is 0 Å². The van der Waals surface area contributed by atoms with Crippen LogP contribution >= 0.6 is 0 Å². The van der Waals surface area contributed by atoms with Gasteiger partial charge in [-0.1, -0.05) is 6.07 Å². The first kappa shape index (κ1) is 16.9. The van der Waals surface area contributed by atoms with E-state index in [1.54, 1.807) is 13.0 Å². The summed E-state index contributed by atoms with van der Waals surface area (Å²) in [6.45, 7) is -0.510. The number of nitrogens with one attached hydrogen (secondary N) is 1. The van der Waals surface area contributed by atoms with Crippen LogP contribution in [0, 0.1) is 6.92 Å². The maximum Gasteiger partial charge on any atom is 0.245 e. The first-order chi connectivity index (χ1) is 9.34. The largest absolute Gasteiger partial charge is 0.495 e. The molecule has 0 radical (unpaired) electrons. The monoisotopic (exact) mass is 305 g/mol. The first-order valence-electron chi connectivity index (χ1n) is 5.85. The van der Waals surface area contributed by atoms with E-state index in [-0.39, 0.29) is 10.6 Å². The van der Waals surface area contributed by atoms with Crippen LogP contribution in [0.4, 0.5) is 0 Å². The standard InChI is InChI=1S/C12H19NO6S/c1-9-3-4-10(19-2)11(5-9)20(17,18)13-12(6-14,7-15)8-16/h3-5,13-16H,6-8H2,1-2H3. The van der Waals surface area contributed by atoms with E-state index in [4.69, 9.17) is 4.74 Å². The molecule has 1 aromatic carbocycles. The topological polar surface area (TPSA) is 116 Å². The van der Waals surface area contributed by atoms with E-state index in [1.807, 2.05) is 0 Å². The van der Waals surface area contributed by atoms with Gasteiger partial charge in [0.15, 0.2) is 0 Å². The van der Waals surface area contributed by atoms with E-state index >= 15 is 0 Å². The summed E-state index contributed by atoms with van der Waals surface area (Å²) in [6, 6.07) is 4.59. The van der Waals surface area contributed by atoms with Gasteiger partial charge in [-0.3, -0.25) is 0 Å².